The zero-order valence-corrected chi connectivity index (χ0v) is 12.9. The number of nitro benzene ring substituents is 1. The number of anilines is 1. The van der Waals surface area contributed by atoms with Crippen molar-refractivity contribution in [1.29, 1.82) is 0 Å². The summed E-state index contributed by atoms with van der Waals surface area (Å²) in [5.74, 6) is 0.858. The van der Waals surface area contributed by atoms with E-state index in [2.05, 4.69) is 5.32 Å². The Morgan fingerprint density at radius 1 is 1.08 bits per heavy atom. The molecule has 120 valence electrons. The number of nitrogens with one attached hydrogen (secondary N) is 1. The molecule has 6 heteroatoms. The van der Waals surface area contributed by atoms with Crippen LogP contribution in [0.4, 0.5) is 11.5 Å². The number of rotatable bonds is 3. The van der Waals surface area contributed by atoms with Gasteiger partial charge in [-0.05, 0) is 17.0 Å². The molecule has 24 heavy (non-hydrogen) atoms. The summed E-state index contributed by atoms with van der Waals surface area (Å²) in [6, 6.07) is 14.2. The molecule has 0 saturated carbocycles. The molecule has 0 aliphatic carbocycles. The van der Waals surface area contributed by atoms with E-state index in [-0.39, 0.29) is 11.2 Å². The summed E-state index contributed by atoms with van der Waals surface area (Å²) in [5, 5.41) is 15.7. The summed E-state index contributed by atoms with van der Waals surface area (Å²) in [7, 11) is 0. The molecule has 0 atom stereocenters. The van der Waals surface area contributed by atoms with Gasteiger partial charge in [0.05, 0.1) is 4.92 Å². The fraction of sp³-hybridized carbons (Fsp3) is 0.167. The van der Waals surface area contributed by atoms with Crippen molar-refractivity contribution in [2.24, 2.45) is 0 Å². The molecule has 4 rings (SSSR count). The van der Waals surface area contributed by atoms with Crippen LogP contribution in [0.2, 0.25) is 0 Å². The van der Waals surface area contributed by atoms with Gasteiger partial charge in [0.1, 0.15) is 5.82 Å². The Morgan fingerprint density at radius 3 is 2.50 bits per heavy atom. The Morgan fingerprint density at radius 2 is 1.79 bits per heavy atom. The van der Waals surface area contributed by atoms with E-state index < -0.39 is 4.92 Å². The molecule has 0 bridgehead atoms. The highest BCUT2D eigenvalue weighted by Crippen LogP contribution is 2.29. The number of non-ortho nitro benzene ring substituents is 1. The monoisotopic (exact) mass is 321 g/mol. The molecule has 2 heterocycles. The lowest BCUT2D eigenvalue weighted by molar-refractivity contribution is -0.384. The summed E-state index contributed by atoms with van der Waals surface area (Å²) >= 11 is 0. The van der Waals surface area contributed by atoms with Gasteiger partial charge in [0, 0.05) is 42.6 Å². The van der Waals surface area contributed by atoms with Crippen molar-refractivity contribution >= 4 is 22.3 Å². The molecule has 0 fully saturated rings. The fourth-order valence-electron chi connectivity index (χ4n) is 3.29. The van der Waals surface area contributed by atoms with Gasteiger partial charge in [-0.3, -0.25) is 19.5 Å². The van der Waals surface area contributed by atoms with E-state index in [1.807, 2.05) is 24.3 Å². The van der Waals surface area contributed by atoms with Gasteiger partial charge in [-0.25, -0.2) is 0 Å². The fourth-order valence-corrected chi connectivity index (χ4v) is 3.29. The third-order valence-electron chi connectivity index (χ3n) is 4.44. The molecule has 1 aliphatic rings. The smallest absolute Gasteiger partial charge is 0.269 e. The number of fused-ring (bicyclic) bond motifs is 2. The summed E-state index contributed by atoms with van der Waals surface area (Å²) in [4.78, 5) is 23.0. The number of aromatic nitrogens is 1. The van der Waals surface area contributed by atoms with Crippen molar-refractivity contribution in [3.05, 3.63) is 80.1 Å². The van der Waals surface area contributed by atoms with Gasteiger partial charge in [0.15, 0.2) is 0 Å². The van der Waals surface area contributed by atoms with Gasteiger partial charge in [-0.15, -0.1) is 0 Å². The Labute approximate surface area is 137 Å². The molecule has 1 aromatic heterocycles. The van der Waals surface area contributed by atoms with Gasteiger partial charge < -0.3 is 5.32 Å². The predicted octanol–water partition coefficient (Wildman–Crippen LogP) is 2.93. The minimum absolute atomic E-state index is 0.0260. The Kier molecular flexibility index (Phi) is 3.30. The molecule has 0 saturated heterocycles. The number of nitrogens with zero attached hydrogens (tertiary/aromatic N) is 2. The van der Waals surface area contributed by atoms with Gasteiger partial charge in [-0.1, -0.05) is 30.3 Å². The van der Waals surface area contributed by atoms with Crippen LogP contribution >= 0.6 is 0 Å². The summed E-state index contributed by atoms with van der Waals surface area (Å²) < 4.78 is 1.78. The highest BCUT2D eigenvalue weighted by Gasteiger charge is 2.20. The SMILES string of the molecule is O=c1c2ccccc2c(Cc2ccc([N+](=O)[O-])cc2)c2n1CCN2. The van der Waals surface area contributed by atoms with Crippen molar-refractivity contribution in [1.82, 2.24) is 4.57 Å². The highest BCUT2D eigenvalue weighted by atomic mass is 16.6. The molecule has 0 amide bonds. The Bertz CT molecular complexity index is 1010. The van der Waals surface area contributed by atoms with Crippen LogP contribution in [0, 0.1) is 10.1 Å². The number of hydrogen-bond donors (Lipinski definition) is 1. The molecule has 0 unspecified atom stereocenters. The van der Waals surface area contributed by atoms with E-state index in [1.165, 1.54) is 12.1 Å². The van der Waals surface area contributed by atoms with Gasteiger partial charge >= 0.3 is 0 Å². The number of hydrogen-bond acceptors (Lipinski definition) is 4. The lowest BCUT2D eigenvalue weighted by atomic mass is 9.99. The Balaban J connectivity index is 1.86. The topological polar surface area (TPSA) is 77.2 Å². The maximum Gasteiger partial charge on any atom is 0.269 e. The molecule has 0 radical (unpaired) electrons. The summed E-state index contributed by atoms with van der Waals surface area (Å²) in [5.41, 5.74) is 2.13. The van der Waals surface area contributed by atoms with Gasteiger partial charge in [-0.2, -0.15) is 0 Å². The van der Waals surface area contributed by atoms with E-state index in [0.29, 0.717) is 18.4 Å². The maximum atomic E-state index is 12.6. The summed E-state index contributed by atoms with van der Waals surface area (Å²) in [6.45, 7) is 1.39. The molecular formula is C18H15N3O3. The zero-order valence-electron chi connectivity index (χ0n) is 12.9. The lowest BCUT2D eigenvalue weighted by Crippen LogP contribution is -2.19. The van der Waals surface area contributed by atoms with E-state index >= 15 is 0 Å². The normalized spacial score (nSPS) is 12.8. The Hall–Kier alpha value is -3.15. The third kappa shape index (κ3) is 2.23. The van der Waals surface area contributed by atoms with E-state index in [9.17, 15) is 14.9 Å². The second-order valence-electron chi connectivity index (χ2n) is 5.86. The molecule has 2 aromatic carbocycles. The van der Waals surface area contributed by atoms with Crippen LogP contribution in [0.25, 0.3) is 10.8 Å². The maximum absolute atomic E-state index is 12.6. The van der Waals surface area contributed by atoms with Gasteiger partial charge in [0.25, 0.3) is 11.2 Å². The van der Waals surface area contributed by atoms with Crippen molar-refractivity contribution in [2.45, 2.75) is 13.0 Å². The first-order valence-corrected chi connectivity index (χ1v) is 7.77. The van der Waals surface area contributed by atoms with Crippen molar-refractivity contribution in [3.63, 3.8) is 0 Å². The van der Waals surface area contributed by atoms with Crippen molar-refractivity contribution in [2.75, 3.05) is 11.9 Å². The molecule has 6 nitrogen and oxygen atoms in total. The summed E-state index contributed by atoms with van der Waals surface area (Å²) in [6.07, 6.45) is 0.612. The van der Waals surface area contributed by atoms with Crippen LogP contribution < -0.4 is 10.9 Å². The van der Waals surface area contributed by atoms with Crippen LogP contribution in [0.3, 0.4) is 0 Å². The van der Waals surface area contributed by atoms with Crippen LogP contribution in [0.1, 0.15) is 11.1 Å². The van der Waals surface area contributed by atoms with Crippen molar-refractivity contribution in [3.8, 4) is 0 Å². The van der Waals surface area contributed by atoms with E-state index in [1.54, 1.807) is 16.7 Å². The number of pyridine rings is 1. The minimum Gasteiger partial charge on any atom is -0.369 e. The average molecular weight is 321 g/mol. The molecule has 0 spiro atoms. The van der Waals surface area contributed by atoms with E-state index in [4.69, 9.17) is 0 Å². The largest absolute Gasteiger partial charge is 0.369 e. The van der Waals surface area contributed by atoms with Crippen LogP contribution in [0.15, 0.2) is 53.3 Å². The number of benzene rings is 2. The highest BCUT2D eigenvalue weighted by molar-refractivity contribution is 5.89. The second kappa shape index (κ2) is 5.49. The lowest BCUT2D eigenvalue weighted by Gasteiger charge is -2.14. The van der Waals surface area contributed by atoms with Crippen LogP contribution in [-0.2, 0) is 13.0 Å². The zero-order chi connectivity index (χ0) is 16.7. The third-order valence-corrected chi connectivity index (χ3v) is 4.44. The van der Waals surface area contributed by atoms with E-state index in [0.717, 1.165) is 28.9 Å². The molecule has 1 N–H and O–H groups in total. The van der Waals surface area contributed by atoms with Crippen LogP contribution in [0.5, 0.6) is 0 Å². The standard InChI is InChI=1S/C18H15N3O3/c22-18-15-4-2-1-3-14(15)16(17-19-9-10-20(17)18)11-12-5-7-13(8-6-12)21(23)24/h1-8,19H,9-11H2. The van der Waals surface area contributed by atoms with Crippen LogP contribution in [-0.4, -0.2) is 16.0 Å². The first kappa shape index (κ1) is 14.4. The predicted molar refractivity (Wildman–Crippen MR) is 92.6 cm³/mol. The quantitative estimate of drug-likeness (QED) is 0.594. The first-order valence-electron chi connectivity index (χ1n) is 7.77. The first-order chi connectivity index (χ1) is 11.6. The van der Waals surface area contributed by atoms with Gasteiger partial charge in [0.2, 0.25) is 0 Å². The minimum atomic E-state index is -0.402. The number of nitro groups is 1. The molecular weight excluding hydrogens is 306 g/mol. The average Bonchev–Trinajstić information content (AvgIpc) is 3.09. The van der Waals surface area contributed by atoms with Crippen molar-refractivity contribution < 1.29 is 4.92 Å². The second-order valence-corrected chi connectivity index (χ2v) is 5.86. The molecule has 1 aliphatic heterocycles. The molecule has 3 aromatic rings.